The van der Waals surface area contributed by atoms with Gasteiger partial charge in [-0.05, 0) is 11.1 Å². The van der Waals surface area contributed by atoms with E-state index in [9.17, 15) is 4.79 Å². The number of nitriles is 1. The normalized spacial score (nSPS) is 11.2. The van der Waals surface area contributed by atoms with E-state index >= 15 is 0 Å². The van der Waals surface area contributed by atoms with Crippen LogP contribution in [0.3, 0.4) is 0 Å². The molecule has 2 aromatic carbocycles. The number of hydrazone groups is 1. The Bertz CT molecular complexity index is 709. The van der Waals surface area contributed by atoms with E-state index in [1.165, 1.54) is 0 Å². The maximum absolute atomic E-state index is 11.4. The summed E-state index contributed by atoms with van der Waals surface area (Å²) in [5, 5.41) is 12.7. The van der Waals surface area contributed by atoms with E-state index in [-0.39, 0.29) is 6.42 Å². The van der Waals surface area contributed by atoms with Crippen molar-refractivity contribution in [3.05, 3.63) is 59.7 Å². The highest BCUT2D eigenvalue weighted by molar-refractivity contribution is 6.24. The maximum atomic E-state index is 11.4. The second kappa shape index (κ2) is 4.98. The van der Waals surface area contributed by atoms with Crippen molar-refractivity contribution in [2.75, 3.05) is 0 Å². The van der Waals surface area contributed by atoms with Gasteiger partial charge in [0.15, 0.2) is 0 Å². The molecule has 0 radical (unpaired) electrons. The van der Waals surface area contributed by atoms with Crippen molar-refractivity contribution in [2.24, 2.45) is 5.10 Å². The molecule has 0 aromatic heterocycles. The Balaban J connectivity index is 2.05. The van der Waals surface area contributed by atoms with Gasteiger partial charge in [0.1, 0.15) is 6.42 Å². The Morgan fingerprint density at radius 3 is 2.00 bits per heavy atom. The number of nitrogens with one attached hydrogen (secondary N) is 1. The van der Waals surface area contributed by atoms with Crippen molar-refractivity contribution in [2.45, 2.75) is 6.42 Å². The summed E-state index contributed by atoms with van der Waals surface area (Å²) in [6, 6.07) is 17.7. The van der Waals surface area contributed by atoms with E-state index in [1.807, 2.05) is 48.5 Å². The first-order chi connectivity index (χ1) is 9.81. The molecule has 0 heterocycles. The predicted molar refractivity (Wildman–Crippen MR) is 75.9 cm³/mol. The lowest BCUT2D eigenvalue weighted by atomic mass is 10.1. The third kappa shape index (κ3) is 1.95. The van der Waals surface area contributed by atoms with Crippen molar-refractivity contribution in [1.29, 1.82) is 5.26 Å². The van der Waals surface area contributed by atoms with Crippen molar-refractivity contribution in [3.63, 3.8) is 0 Å². The van der Waals surface area contributed by atoms with Crippen LogP contribution in [0.25, 0.3) is 11.1 Å². The zero-order chi connectivity index (χ0) is 13.9. The van der Waals surface area contributed by atoms with Gasteiger partial charge >= 0.3 is 0 Å². The van der Waals surface area contributed by atoms with E-state index in [0.29, 0.717) is 0 Å². The summed E-state index contributed by atoms with van der Waals surface area (Å²) in [6.45, 7) is 0. The Morgan fingerprint density at radius 1 is 1.00 bits per heavy atom. The average molecular weight is 261 g/mol. The Labute approximate surface area is 116 Å². The molecule has 1 aliphatic rings. The van der Waals surface area contributed by atoms with Gasteiger partial charge in [0.2, 0.25) is 0 Å². The van der Waals surface area contributed by atoms with Crippen LogP contribution >= 0.6 is 0 Å². The highest BCUT2D eigenvalue weighted by Crippen LogP contribution is 2.36. The number of amides is 1. The molecule has 96 valence electrons. The molecule has 4 heteroatoms. The fourth-order valence-corrected chi connectivity index (χ4v) is 2.34. The summed E-state index contributed by atoms with van der Waals surface area (Å²) in [7, 11) is 0. The number of hydrogen-bond donors (Lipinski definition) is 1. The maximum Gasteiger partial charge on any atom is 0.254 e. The van der Waals surface area contributed by atoms with Crippen molar-refractivity contribution in [3.8, 4) is 17.2 Å². The van der Waals surface area contributed by atoms with Crippen LogP contribution in [0.1, 0.15) is 17.5 Å². The zero-order valence-corrected chi connectivity index (χ0v) is 10.6. The Hall–Kier alpha value is -2.93. The predicted octanol–water partition coefficient (Wildman–Crippen LogP) is 2.45. The Morgan fingerprint density at radius 2 is 1.50 bits per heavy atom. The minimum Gasteiger partial charge on any atom is -0.272 e. The van der Waals surface area contributed by atoms with E-state index < -0.39 is 5.91 Å². The lowest BCUT2D eigenvalue weighted by molar-refractivity contribution is -0.120. The first-order valence-corrected chi connectivity index (χ1v) is 6.24. The number of hydrogen-bond acceptors (Lipinski definition) is 3. The van der Waals surface area contributed by atoms with Crippen LogP contribution < -0.4 is 5.43 Å². The number of carbonyl (C=O) groups excluding carboxylic acids is 1. The smallest absolute Gasteiger partial charge is 0.254 e. The fourth-order valence-electron chi connectivity index (χ4n) is 2.34. The second-order valence-electron chi connectivity index (χ2n) is 4.42. The SMILES string of the molecule is N#CCC(=O)NN=C1c2ccccc2-c2ccccc21. The molecule has 1 amide bonds. The third-order valence-corrected chi connectivity index (χ3v) is 3.19. The molecule has 1 N–H and O–H groups in total. The van der Waals surface area contributed by atoms with Crippen LogP contribution in [0.5, 0.6) is 0 Å². The molecule has 4 nitrogen and oxygen atoms in total. The number of nitrogens with zero attached hydrogens (tertiary/aromatic N) is 2. The standard InChI is InChI=1S/C16H11N3O/c17-10-9-15(20)18-19-16-13-7-3-1-5-11(13)12-6-2-4-8-14(12)16/h1-8H,9H2,(H,18,20). The van der Waals surface area contributed by atoms with Crippen LogP contribution in [-0.4, -0.2) is 11.6 Å². The van der Waals surface area contributed by atoms with Crippen LogP contribution in [0, 0.1) is 11.3 Å². The molecule has 0 fully saturated rings. The highest BCUT2D eigenvalue weighted by atomic mass is 16.2. The van der Waals surface area contributed by atoms with Crippen LogP contribution in [0.15, 0.2) is 53.6 Å². The molecule has 0 bridgehead atoms. The van der Waals surface area contributed by atoms with Crippen LogP contribution in [0.2, 0.25) is 0 Å². The molecular weight excluding hydrogens is 250 g/mol. The zero-order valence-electron chi connectivity index (χ0n) is 10.6. The fraction of sp³-hybridized carbons (Fsp3) is 0.0625. The molecule has 0 saturated heterocycles. The summed E-state index contributed by atoms with van der Waals surface area (Å²) >= 11 is 0. The van der Waals surface area contributed by atoms with Gasteiger partial charge in [0.25, 0.3) is 5.91 Å². The molecule has 20 heavy (non-hydrogen) atoms. The molecular formula is C16H11N3O. The molecule has 2 aromatic rings. The summed E-state index contributed by atoms with van der Waals surface area (Å²) in [5.41, 5.74) is 7.37. The van der Waals surface area contributed by atoms with Crippen molar-refractivity contribution >= 4 is 11.6 Å². The van der Waals surface area contributed by atoms with E-state index in [4.69, 9.17) is 5.26 Å². The van der Waals surface area contributed by atoms with Gasteiger partial charge in [-0.3, -0.25) is 4.79 Å². The summed E-state index contributed by atoms with van der Waals surface area (Å²) in [6.07, 6.45) is -0.194. The molecule has 0 spiro atoms. The van der Waals surface area contributed by atoms with E-state index in [0.717, 1.165) is 28.0 Å². The topological polar surface area (TPSA) is 65.2 Å². The summed E-state index contributed by atoms with van der Waals surface area (Å²) < 4.78 is 0. The van der Waals surface area contributed by atoms with Gasteiger partial charge in [0.05, 0.1) is 11.8 Å². The van der Waals surface area contributed by atoms with Crippen molar-refractivity contribution in [1.82, 2.24) is 5.43 Å². The average Bonchev–Trinajstić information content (AvgIpc) is 2.80. The summed E-state index contributed by atoms with van der Waals surface area (Å²) in [5.74, 6) is -0.401. The first kappa shape index (κ1) is 12.1. The molecule has 3 rings (SSSR count). The third-order valence-electron chi connectivity index (χ3n) is 3.19. The van der Waals surface area contributed by atoms with E-state index in [1.54, 1.807) is 6.07 Å². The minimum atomic E-state index is -0.401. The van der Waals surface area contributed by atoms with Gasteiger partial charge < -0.3 is 0 Å². The molecule has 0 atom stereocenters. The van der Waals surface area contributed by atoms with Gasteiger partial charge in [-0.1, -0.05) is 48.5 Å². The quantitative estimate of drug-likeness (QED) is 0.720. The van der Waals surface area contributed by atoms with Gasteiger partial charge in [-0.2, -0.15) is 10.4 Å². The van der Waals surface area contributed by atoms with Crippen LogP contribution in [0.4, 0.5) is 0 Å². The minimum absolute atomic E-state index is 0.194. The molecule has 0 aliphatic heterocycles. The highest BCUT2D eigenvalue weighted by Gasteiger charge is 2.24. The number of carbonyl (C=O) groups is 1. The molecule has 0 unspecified atom stereocenters. The van der Waals surface area contributed by atoms with Crippen LogP contribution in [-0.2, 0) is 4.79 Å². The lowest BCUT2D eigenvalue weighted by Gasteiger charge is -2.01. The number of rotatable bonds is 2. The second-order valence-corrected chi connectivity index (χ2v) is 4.42. The lowest BCUT2D eigenvalue weighted by Crippen LogP contribution is -2.18. The van der Waals surface area contributed by atoms with Crippen molar-refractivity contribution < 1.29 is 4.79 Å². The number of benzene rings is 2. The van der Waals surface area contributed by atoms with Gasteiger partial charge in [-0.25, -0.2) is 5.43 Å². The molecule has 1 aliphatic carbocycles. The number of fused-ring (bicyclic) bond motifs is 3. The first-order valence-electron chi connectivity index (χ1n) is 6.24. The summed E-state index contributed by atoms with van der Waals surface area (Å²) in [4.78, 5) is 11.4. The molecule has 0 saturated carbocycles. The Kier molecular flexibility index (Phi) is 3.02. The monoisotopic (exact) mass is 261 g/mol. The van der Waals surface area contributed by atoms with E-state index in [2.05, 4.69) is 10.5 Å². The van der Waals surface area contributed by atoms with Gasteiger partial charge in [-0.15, -0.1) is 0 Å². The van der Waals surface area contributed by atoms with Gasteiger partial charge in [0, 0.05) is 11.1 Å². The largest absolute Gasteiger partial charge is 0.272 e.